The Morgan fingerprint density at radius 3 is 2.63 bits per heavy atom. The predicted molar refractivity (Wildman–Crippen MR) is 76.7 cm³/mol. The minimum absolute atomic E-state index is 0.0278. The molecule has 1 aromatic rings. The van der Waals surface area contributed by atoms with Gasteiger partial charge in [0, 0.05) is 5.75 Å². The van der Waals surface area contributed by atoms with Crippen molar-refractivity contribution in [2.45, 2.75) is 25.2 Å². The van der Waals surface area contributed by atoms with E-state index in [4.69, 9.17) is 9.84 Å². The zero-order valence-electron chi connectivity index (χ0n) is 11.4. The van der Waals surface area contributed by atoms with Gasteiger partial charge in [-0.05, 0) is 23.6 Å². The molecule has 0 aliphatic rings. The van der Waals surface area contributed by atoms with Crippen LogP contribution in [-0.2, 0) is 4.79 Å². The van der Waals surface area contributed by atoms with Crippen molar-refractivity contribution in [2.75, 3.05) is 12.9 Å². The summed E-state index contributed by atoms with van der Waals surface area (Å²) in [4.78, 5) is 11.1. The summed E-state index contributed by atoms with van der Waals surface area (Å²) in [6.07, 6.45) is -0.694. The molecule has 0 radical (unpaired) electrons. The van der Waals surface area contributed by atoms with Gasteiger partial charge in [0.1, 0.15) is 11.0 Å². The van der Waals surface area contributed by atoms with Crippen molar-refractivity contribution in [1.29, 1.82) is 0 Å². The summed E-state index contributed by atoms with van der Waals surface area (Å²) in [6, 6.07) is 7.17. The van der Waals surface area contributed by atoms with Gasteiger partial charge in [0.2, 0.25) is 0 Å². The Morgan fingerprint density at radius 2 is 2.11 bits per heavy atom. The van der Waals surface area contributed by atoms with Gasteiger partial charge in [0.25, 0.3) is 0 Å². The molecular weight excluding hydrogens is 264 g/mol. The summed E-state index contributed by atoms with van der Waals surface area (Å²) < 4.78 is 5.10. The molecule has 4 nitrogen and oxygen atoms in total. The molecule has 5 heteroatoms. The van der Waals surface area contributed by atoms with Crippen molar-refractivity contribution in [2.24, 2.45) is 5.92 Å². The highest BCUT2D eigenvalue weighted by atomic mass is 32.2. The number of carbonyl (C=O) groups is 1. The summed E-state index contributed by atoms with van der Waals surface area (Å²) in [5.74, 6) is 0.223. The van der Waals surface area contributed by atoms with Gasteiger partial charge in [-0.1, -0.05) is 26.0 Å². The van der Waals surface area contributed by atoms with Gasteiger partial charge >= 0.3 is 5.97 Å². The largest absolute Gasteiger partial charge is 0.497 e. The van der Waals surface area contributed by atoms with Crippen LogP contribution in [0.2, 0.25) is 0 Å². The fraction of sp³-hybridized carbons (Fsp3) is 0.500. The van der Waals surface area contributed by atoms with Crippen molar-refractivity contribution in [3.63, 3.8) is 0 Å². The molecule has 0 aromatic heterocycles. The second kappa shape index (κ2) is 7.40. The van der Waals surface area contributed by atoms with Gasteiger partial charge in [-0.25, -0.2) is 0 Å². The van der Waals surface area contributed by atoms with E-state index in [-0.39, 0.29) is 5.92 Å². The van der Waals surface area contributed by atoms with Crippen LogP contribution in [0.25, 0.3) is 0 Å². The molecule has 1 rings (SSSR count). The van der Waals surface area contributed by atoms with Crippen LogP contribution < -0.4 is 4.74 Å². The van der Waals surface area contributed by atoms with Crippen molar-refractivity contribution in [3.05, 3.63) is 29.8 Å². The number of aliphatic hydroxyl groups is 1. The first-order valence-corrected chi connectivity index (χ1v) is 7.17. The van der Waals surface area contributed by atoms with Crippen LogP contribution >= 0.6 is 11.8 Å². The maximum Gasteiger partial charge on any atom is 0.316 e. The summed E-state index contributed by atoms with van der Waals surface area (Å²) in [7, 11) is 1.57. The molecule has 0 aliphatic heterocycles. The number of carboxylic acid groups (broad SMARTS) is 1. The summed E-state index contributed by atoms with van der Waals surface area (Å²) in [6.45, 7) is 3.73. The molecule has 2 atom stereocenters. The monoisotopic (exact) mass is 284 g/mol. The van der Waals surface area contributed by atoms with E-state index < -0.39 is 17.3 Å². The van der Waals surface area contributed by atoms with Crippen LogP contribution in [0.5, 0.6) is 5.75 Å². The topological polar surface area (TPSA) is 66.8 Å². The number of aliphatic hydroxyl groups excluding tert-OH is 1. The first-order valence-electron chi connectivity index (χ1n) is 6.12. The number of rotatable bonds is 7. The van der Waals surface area contributed by atoms with E-state index >= 15 is 0 Å². The lowest BCUT2D eigenvalue weighted by Gasteiger charge is -2.18. The summed E-state index contributed by atoms with van der Waals surface area (Å²) in [5.41, 5.74) is 0.736. The van der Waals surface area contributed by atoms with Gasteiger partial charge < -0.3 is 14.9 Å². The Morgan fingerprint density at radius 1 is 1.42 bits per heavy atom. The maximum absolute atomic E-state index is 11.1. The van der Waals surface area contributed by atoms with E-state index in [1.165, 1.54) is 11.8 Å². The molecule has 2 N–H and O–H groups in total. The smallest absolute Gasteiger partial charge is 0.316 e. The molecule has 0 fully saturated rings. The Kier molecular flexibility index (Phi) is 6.18. The van der Waals surface area contributed by atoms with E-state index in [0.29, 0.717) is 11.5 Å². The zero-order valence-corrected chi connectivity index (χ0v) is 12.2. The Hall–Kier alpha value is -1.20. The minimum Gasteiger partial charge on any atom is -0.497 e. The standard InChI is InChI=1S/C14H20O4S/c1-9(2)13(14(16)17)19-8-12(15)10-5-4-6-11(7-10)18-3/h4-7,9,12-13,15H,8H2,1-3H3,(H,16,17). The fourth-order valence-corrected chi connectivity index (χ4v) is 2.80. The highest BCUT2D eigenvalue weighted by Gasteiger charge is 2.23. The predicted octanol–water partition coefficient (Wildman–Crippen LogP) is 2.57. The van der Waals surface area contributed by atoms with Crippen molar-refractivity contribution in [1.82, 2.24) is 0 Å². The summed E-state index contributed by atoms with van der Waals surface area (Å²) in [5, 5.41) is 18.7. The number of hydrogen-bond acceptors (Lipinski definition) is 4. The van der Waals surface area contributed by atoms with E-state index in [1.807, 2.05) is 13.8 Å². The van der Waals surface area contributed by atoms with E-state index in [0.717, 1.165) is 5.56 Å². The molecule has 0 saturated heterocycles. The minimum atomic E-state index is -0.835. The Labute approximate surface area is 117 Å². The van der Waals surface area contributed by atoms with Gasteiger partial charge in [0.05, 0.1) is 13.2 Å². The number of aliphatic carboxylic acids is 1. The van der Waals surface area contributed by atoms with Crippen LogP contribution in [0.1, 0.15) is 25.5 Å². The Balaban J connectivity index is 2.63. The molecular formula is C14H20O4S. The lowest BCUT2D eigenvalue weighted by molar-refractivity contribution is -0.137. The van der Waals surface area contributed by atoms with Crippen LogP contribution in [0.15, 0.2) is 24.3 Å². The summed E-state index contributed by atoms with van der Waals surface area (Å²) >= 11 is 1.26. The van der Waals surface area contributed by atoms with Crippen LogP contribution in [0.4, 0.5) is 0 Å². The van der Waals surface area contributed by atoms with Crippen LogP contribution in [0.3, 0.4) is 0 Å². The van der Waals surface area contributed by atoms with E-state index in [1.54, 1.807) is 31.4 Å². The second-order valence-electron chi connectivity index (χ2n) is 4.63. The first kappa shape index (κ1) is 15.9. The molecule has 0 saturated carbocycles. The average Bonchev–Trinajstić information content (AvgIpc) is 2.38. The normalized spacial score (nSPS) is 14.2. The Bertz CT molecular complexity index is 420. The third kappa shape index (κ3) is 4.76. The average molecular weight is 284 g/mol. The van der Waals surface area contributed by atoms with Gasteiger partial charge in [-0.15, -0.1) is 11.8 Å². The lowest BCUT2D eigenvalue weighted by atomic mass is 10.1. The molecule has 106 valence electrons. The van der Waals surface area contributed by atoms with E-state index in [9.17, 15) is 9.90 Å². The molecule has 0 amide bonds. The quantitative estimate of drug-likeness (QED) is 0.805. The van der Waals surface area contributed by atoms with Gasteiger partial charge in [-0.2, -0.15) is 0 Å². The number of hydrogen-bond donors (Lipinski definition) is 2. The molecule has 0 heterocycles. The molecule has 0 bridgehead atoms. The lowest BCUT2D eigenvalue weighted by Crippen LogP contribution is -2.23. The fourth-order valence-electron chi connectivity index (χ4n) is 1.69. The van der Waals surface area contributed by atoms with Crippen LogP contribution in [0, 0.1) is 5.92 Å². The number of carboxylic acids is 1. The molecule has 19 heavy (non-hydrogen) atoms. The van der Waals surface area contributed by atoms with Gasteiger partial charge in [0.15, 0.2) is 0 Å². The zero-order chi connectivity index (χ0) is 14.4. The highest BCUT2D eigenvalue weighted by Crippen LogP contribution is 2.27. The molecule has 2 unspecified atom stereocenters. The first-order chi connectivity index (χ1) is 8.95. The number of thioether (sulfide) groups is 1. The SMILES string of the molecule is COc1cccc(C(O)CSC(C(=O)O)C(C)C)c1. The van der Waals surface area contributed by atoms with Crippen LogP contribution in [-0.4, -0.2) is 34.3 Å². The number of ether oxygens (including phenoxy) is 1. The van der Waals surface area contributed by atoms with E-state index in [2.05, 4.69) is 0 Å². The molecule has 0 spiro atoms. The van der Waals surface area contributed by atoms with Crippen molar-refractivity contribution < 1.29 is 19.7 Å². The number of methoxy groups -OCH3 is 1. The number of benzene rings is 1. The van der Waals surface area contributed by atoms with Crippen molar-refractivity contribution in [3.8, 4) is 5.75 Å². The van der Waals surface area contributed by atoms with Gasteiger partial charge in [-0.3, -0.25) is 4.79 Å². The second-order valence-corrected chi connectivity index (χ2v) is 5.80. The highest BCUT2D eigenvalue weighted by molar-refractivity contribution is 8.00. The van der Waals surface area contributed by atoms with Crippen molar-refractivity contribution >= 4 is 17.7 Å². The third-order valence-corrected chi connectivity index (χ3v) is 4.37. The third-order valence-electron chi connectivity index (χ3n) is 2.76. The maximum atomic E-state index is 11.1. The molecule has 0 aliphatic carbocycles. The molecule has 1 aromatic carbocycles.